The lowest BCUT2D eigenvalue weighted by atomic mass is 9.78. The first kappa shape index (κ1) is 22.3. The molecule has 4 heterocycles. The van der Waals surface area contributed by atoms with E-state index in [0.717, 1.165) is 28.1 Å². The van der Waals surface area contributed by atoms with Crippen molar-refractivity contribution in [2.24, 2.45) is 5.92 Å². The molecule has 0 spiro atoms. The summed E-state index contributed by atoms with van der Waals surface area (Å²) >= 11 is 3.57. The zero-order valence-electron chi connectivity index (χ0n) is 18.0. The van der Waals surface area contributed by atoms with E-state index in [1.54, 1.807) is 29.3 Å². The van der Waals surface area contributed by atoms with Crippen LogP contribution < -0.4 is 5.73 Å². The summed E-state index contributed by atoms with van der Waals surface area (Å²) < 4.78 is 16.2. The minimum Gasteiger partial charge on any atom is -0.479 e. The standard InChI is InChI=1S/C23H21BrFN7O2/c24-18-20(13-3-1-12(2-4-13)19(25)23(33)34)31-22-16(11-30-32(22)21(18)26)14-5-6-17(27-9-14)15-7-8-28-29-10-15/h5-13,19H,1-4,26H2,(H,33,34)/t12-,13+,19?. The second-order valence-electron chi connectivity index (χ2n) is 8.40. The summed E-state index contributed by atoms with van der Waals surface area (Å²) in [5.74, 6) is -1.40. The average Bonchev–Trinajstić information content (AvgIpc) is 3.30. The molecule has 3 N–H and O–H groups in total. The zero-order valence-corrected chi connectivity index (χ0v) is 19.6. The third-order valence-corrected chi connectivity index (χ3v) is 7.22. The van der Waals surface area contributed by atoms with Gasteiger partial charge in [-0.05, 0) is 53.7 Å². The predicted molar refractivity (Wildman–Crippen MR) is 127 cm³/mol. The molecule has 34 heavy (non-hydrogen) atoms. The Labute approximate surface area is 202 Å². The fourth-order valence-electron chi connectivity index (χ4n) is 4.54. The van der Waals surface area contributed by atoms with Crippen LogP contribution in [0.3, 0.4) is 0 Å². The number of nitrogens with two attached hydrogens (primary N) is 1. The SMILES string of the molecule is Nc1c(Br)c([C@H]2CC[C@@H](C(F)C(=O)O)CC2)nc2c(-c3ccc(-c4ccnnc4)nc3)cnn12. The van der Waals surface area contributed by atoms with Crippen LogP contribution in [0, 0.1) is 5.92 Å². The van der Waals surface area contributed by atoms with E-state index < -0.39 is 18.1 Å². The molecular formula is C23H21BrFN7O2. The molecule has 0 saturated heterocycles. The van der Waals surface area contributed by atoms with E-state index in [1.807, 2.05) is 18.2 Å². The molecular weight excluding hydrogens is 505 g/mol. The molecule has 1 atom stereocenters. The van der Waals surface area contributed by atoms with Crippen LogP contribution in [0.1, 0.15) is 37.3 Å². The summed E-state index contributed by atoms with van der Waals surface area (Å²) in [5.41, 5.74) is 11.0. The van der Waals surface area contributed by atoms with E-state index in [1.165, 1.54) is 0 Å². The maximum Gasteiger partial charge on any atom is 0.338 e. The number of aromatic nitrogens is 6. The van der Waals surface area contributed by atoms with Gasteiger partial charge < -0.3 is 10.8 Å². The first-order chi connectivity index (χ1) is 16.4. The number of hydrogen-bond acceptors (Lipinski definition) is 7. The van der Waals surface area contributed by atoms with Gasteiger partial charge in [-0.15, -0.1) is 0 Å². The van der Waals surface area contributed by atoms with Crippen LogP contribution in [-0.2, 0) is 4.79 Å². The largest absolute Gasteiger partial charge is 0.479 e. The Hall–Kier alpha value is -3.47. The van der Waals surface area contributed by atoms with Gasteiger partial charge in [-0.1, -0.05) is 6.07 Å². The van der Waals surface area contributed by atoms with Crippen LogP contribution >= 0.6 is 15.9 Å². The highest BCUT2D eigenvalue weighted by molar-refractivity contribution is 9.10. The molecule has 0 aromatic carbocycles. The minimum atomic E-state index is -1.83. The summed E-state index contributed by atoms with van der Waals surface area (Å²) in [7, 11) is 0. The van der Waals surface area contributed by atoms with Crippen molar-refractivity contribution >= 4 is 33.4 Å². The Balaban J connectivity index is 1.46. The summed E-state index contributed by atoms with van der Waals surface area (Å²) in [6.07, 6.45) is 7.15. The fourth-order valence-corrected chi connectivity index (χ4v) is 5.12. The van der Waals surface area contributed by atoms with Gasteiger partial charge in [-0.3, -0.25) is 4.98 Å². The molecule has 9 nitrogen and oxygen atoms in total. The third kappa shape index (κ3) is 4.00. The number of carbonyl (C=O) groups is 1. The number of carboxylic acids is 1. The highest BCUT2D eigenvalue weighted by Gasteiger charge is 2.34. The number of halogens is 2. The molecule has 1 aliphatic rings. The zero-order chi connectivity index (χ0) is 23.8. The van der Waals surface area contributed by atoms with Crippen molar-refractivity contribution in [3.63, 3.8) is 0 Å². The lowest BCUT2D eigenvalue weighted by Gasteiger charge is -2.29. The van der Waals surface area contributed by atoms with Crippen LogP contribution in [-0.4, -0.2) is 47.0 Å². The maximum atomic E-state index is 14.0. The monoisotopic (exact) mass is 525 g/mol. The number of hydrogen-bond donors (Lipinski definition) is 2. The highest BCUT2D eigenvalue weighted by atomic mass is 79.9. The molecule has 0 bridgehead atoms. The molecule has 1 fully saturated rings. The van der Waals surface area contributed by atoms with Crippen LogP contribution in [0.15, 0.2) is 47.5 Å². The summed E-state index contributed by atoms with van der Waals surface area (Å²) in [5, 5.41) is 21.1. The molecule has 4 aromatic heterocycles. The van der Waals surface area contributed by atoms with E-state index in [0.29, 0.717) is 41.6 Å². The Morgan fingerprint density at radius 2 is 1.91 bits per heavy atom. The quantitative estimate of drug-likeness (QED) is 0.394. The van der Waals surface area contributed by atoms with Crippen LogP contribution in [0.5, 0.6) is 0 Å². The average molecular weight is 526 g/mol. The number of carboxylic acid groups (broad SMARTS) is 1. The molecule has 1 unspecified atom stereocenters. The van der Waals surface area contributed by atoms with Gasteiger partial charge in [0.05, 0.1) is 34.5 Å². The van der Waals surface area contributed by atoms with E-state index >= 15 is 0 Å². The fraction of sp³-hybridized carbons (Fsp3) is 0.304. The first-order valence-electron chi connectivity index (χ1n) is 10.9. The van der Waals surface area contributed by atoms with Crippen molar-refractivity contribution in [2.75, 3.05) is 5.73 Å². The molecule has 174 valence electrons. The summed E-state index contributed by atoms with van der Waals surface area (Å²) in [6, 6.07) is 5.68. The van der Waals surface area contributed by atoms with E-state index in [4.69, 9.17) is 15.8 Å². The molecule has 0 radical (unpaired) electrons. The normalized spacial score (nSPS) is 19.2. The summed E-state index contributed by atoms with van der Waals surface area (Å²) in [6.45, 7) is 0. The lowest BCUT2D eigenvalue weighted by Crippen LogP contribution is -2.28. The number of aliphatic carboxylic acids is 1. The van der Waals surface area contributed by atoms with Crippen molar-refractivity contribution in [3.05, 3.63) is 53.2 Å². The Bertz CT molecular complexity index is 1340. The van der Waals surface area contributed by atoms with Crippen molar-refractivity contribution in [1.29, 1.82) is 0 Å². The van der Waals surface area contributed by atoms with Gasteiger partial charge in [0, 0.05) is 34.7 Å². The third-order valence-electron chi connectivity index (χ3n) is 6.41. The molecule has 4 aromatic rings. The predicted octanol–water partition coefficient (Wildman–Crippen LogP) is 4.29. The van der Waals surface area contributed by atoms with Crippen molar-refractivity contribution in [1.82, 2.24) is 29.8 Å². The lowest BCUT2D eigenvalue weighted by molar-refractivity contribution is -0.145. The van der Waals surface area contributed by atoms with Gasteiger partial charge >= 0.3 is 5.97 Å². The highest BCUT2D eigenvalue weighted by Crippen LogP contribution is 2.41. The number of nitrogen functional groups attached to an aromatic ring is 1. The van der Waals surface area contributed by atoms with Gasteiger partial charge in [0.25, 0.3) is 0 Å². The Morgan fingerprint density at radius 3 is 2.56 bits per heavy atom. The van der Waals surface area contributed by atoms with E-state index in [-0.39, 0.29) is 5.92 Å². The number of rotatable bonds is 5. The van der Waals surface area contributed by atoms with Gasteiger partial charge in [-0.25, -0.2) is 14.2 Å². The molecule has 0 aliphatic heterocycles. The van der Waals surface area contributed by atoms with Gasteiger partial charge in [0.2, 0.25) is 0 Å². The maximum absolute atomic E-state index is 14.0. The second kappa shape index (κ2) is 9.05. The molecule has 1 saturated carbocycles. The number of fused-ring (bicyclic) bond motifs is 1. The van der Waals surface area contributed by atoms with Crippen molar-refractivity contribution in [3.8, 4) is 22.4 Å². The smallest absolute Gasteiger partial charge is 0.338 e. The van der Waals surface area contributed by atoms with E-state index in [2.05, 4.69) is 36.2 Å². The number of pyridine rings is 1. The first-order valence-corrected chi connectivity index (χ1v) is 11.7. The van der Waals surface area contributed by atoms with E-state index in [9.17, 15) is 9.18 Å². The van der Waals surface area contributed by atoms with Crippen LogP contribution in [0.2, 0.25) is 0 Å². The number of anilines is 1. The van der Waals surface area contributed by atoms with Crippen molar-refractivity contribution < 1.29 is 14.3 Å². The molecule has 0 amide bonds. The van der Waals surface area contributed by atoms with Crippen LogP contribution in [0.4, 0.5) is 10.2 Å². The molecule has 1 aliphatic carbocycles. The van der Waals surface area contributed by atoms with Gasteiger partial charge in [0.1, 0.15) is 5.82 Å². The summed E-state index contributed by atoms with van der Waals surface area (Å²) in [4.78, 5) is 20.5. The minimum absolute atomic E-state index is 0.0429. The second-order valence-corrected chi connectivity index (χ2v) is 9.20. The Kier molecular flexibility index (Phi) is 5.94. The van der Waals surface area contributed by atoms with Gasteiger partial charge in [-0.2, -0.15) is 19.8 Å². The number of alkyl halides is 1. The topological polar surface area (TPSA) is 132 Å². The van der Waals surface area contributed by atoms with Crippen LogP contribution in [0.25, 0.3) is 28.0 Å². The molecule has 11 heteroatoms. The van der Waals surface area contributed by atoms with Gasteiger partial charge in [0.15, 0.2) is 11.8 Å². The van der Waals surface area contributed by atoms with Crippen molar-refractivity contribution in [2.45, 2.75) is 37.8 Å². The number of nitrogens with zero attached hydrogens (tertiary/aromatic N) is 6. The Morgan fingerprint density at radius 1 is 1.12 bits per heavy atom. The molecule has 5 rings (SSSR count).